The summed E-state index contributed by atoms with van der Waals surface area (Å²) < 4.78 is 5.47. The first kappa shape index (κ1) is 29.1. The van der Waals surface area contributed by atoms with E-state index in [0.29, 0.717) is 12.0 Å². The lowest BCUT2D eigenvalue weighted by molar-refractivity contribution is -0.139. The molecule has 0 aliphatic carbocycles. The van der Waals surface area contributed by atoms with Gasteiger partial charge in [0.2, 0.25) is 11.8 Å². The molecule has 0 fully saturated rings. The predicted molar refractivity (Wildman–Crippen MR) is 136 cm³/mol. The van der Waals surface area contributed by atoms with E-state index in [1.54, 1.807) is 36.4 Å². The second kappa shape index (κ2) is 15.1. The SMILES string of the molecule is CCCCN.NC(Cc1ccc(O)cc1)c1nnc(CNC(=O)NC(Cc2ccc(O)cc2)C(=O)O)o1. The number of hydrogen-bond acceptors (Lipinski definition) is 9. The number of aliphatic carboxylic acids is 1. The molecule has 1 heterocycles. The molecule has 37 heavy (non-hydrogen) atoms. The number of carbonyl (C=O) groups is 2. The zero-order chi connectivity index (χ0) is 27.2. The number of urea groups is 1. The van der Waals surface area contributed by atoms with Gasteiger partial charge >= 0.3 is 12.0 Å². The van der Waals surface area contributed by atoms with E-state index < -0.39 is 24.1 Å². The molecule has 3 rings (SSSR count). The minimum atomic E-state index is -1.20. The highest BCUT2D eigenvalue weighted by molar-refractivity contribution is 5.82. The van der Waals surface area contributed by atoms with Crippen LogP contribution in [-0.4, -0.2) is 50.1 Å². The van der Waals surface area contributed by atoms with Gasteiger partial charge in [0, 0.05) is 6.42 Å². The summed E-state index contributed by atoms with van der Waals surface area (Å²) >= 11 is 0. The number of phenols is 2. The van der Waals surface area contributed by atoms with Crippen molar-refractivity contribution in [1.29, 1.82) is 0 Å². The Kier molecular flexibility index (Phi) is 11.8. The van der Waals surface area contributed by atoms with Crippen molar-refractivity contribution in [2.75, 3.05) is 6.54 Å². The summed E-state index contributed by atoms with van der Waals surface area (Å²) in [5.74, 6) is -0.686. The number of aromatic nitrogens is 2. The highest BCUT2D eigenvalue weighted by Crippen LogP contribution is 2.17. The lowest BCUT2D eigenvalue weighted by atomic mass is 10.1. The Bertz CT molecular complexity index is 1100. The van der Waals surface area contributed by atoms with Crippen LogP contribution in [0.4, 0.5) is 4.79 Å². The molecule has 0 aliphatic rings. The van der Waals surface area contributed by atoms with E-state index in [2.05, 4.69) is 27.8 Å². The fourth-order valence-electron chi connectivity index (χ4n) is 3.10. The van der Waals surface area contributed by atoms with Crippen molar-refractivity contribution in [3.05, 3.63) is 71.4 Å². The third-order valence-electron chi connectivity index (χ3n) is 5.13. The summed E-state index contributed by atoms with van der Waals surface area (Å²) in [7, 11) is 0. The molecule has 12 nitrogen and oxygen atoms in total. The maximum absolute atomic E-state index is 12.1. The van der Waals surface area contributed by atoms with Crippen LogP contribution in [0.2, 0.25) is 0 Å². The molecule has 0 saturated heterocycles. The number of phenolic OH excluding ortho intramolecular Hbond substituents is 2. The van der Waals surface area contributed by atoms with Gasteiger partial charge in [0.25, 0.3) is 0 Å². The molecule has 0 radical (unpaired) electrons. The number of nitrogens with zero attached hydrogens (tertiary/aromatic N) is 2. The van der Waals surface area contributed by atoms with Gasteiger partial charge in [-0.05, 0) is 54.8 Å². The number of nitrogens with two attached hydrogens (primary N) is 2. The third-order valence-corrected chi connectivity index (χ3v) is 5.13. The van der Waals surface area contributed by atoms with Crippen LogP contribution in [0.15, 0.2) is 52.9 Å². The molecule has 2 atom stereocenters. The molecule has 2 aromatic carbocycles. The third kappa shape index (κ3) is 10.5. The second-order valence-corrected chi connectivity index (χ2v) is 8.24. The fraction of sp³-hybridized carbons (Fsp3) is 0.360. The first-order valence-corrected chi connectivity index (χ1v) is 11.8. The number of carboxylic acids is 1. The molecule has 0 bridgehead atoms. The Morgan fingerprint density at radius 3 is 2.03 bits per heavy atom. The molecule has 0 spiro atoms. The molecule has 2 unspecified atom stereocenters. The Hall–Kier alpha value is -4.16. The monoisotopic (exact) mass is 514 g/mol. The van der Waals surface area contributed by atoms with E-state index in [1.165, 1.54) is 25.0 Å². The Morgan fingerprint density at radius 1 is 0.973 bits per heavy atom. The molecule has 9 N–H and O–H groups in total. The average Bonchev–Trinajstić information content (AvgIpc) is 3.35. The number of carbonyl (C=O) groups excluding carboxylic acids is 1. The fourth-order valence-corrected chi connectivity index (χ4v) is 3.10. The lowest BCUT2D eigenvalue weighted by Gasteiger charge is -2.15. The number of amides is 2. The van der Waals surface area contributed by atoms with Crippen LogP contribution in [0.3, 0.4) is 0 Å². The zero-order valence-corrected chi connectivity index (χ0v) is 20.6. The van der Waals surface area contributed by atoms with Crippen LogP contribution in [0, 0.1) is 0 Å². The van der Waals surface area contributed by atoms with Gasteiger partial charge in [-0.3, -0.25) is 0 Å². The van der Waals surface area contributed by atoms with Gasteiger partial charge in [0.1, 0.15) is 17.5 Å². The predicted octanol–water partition coefficient (Wildman–Crippen LogP) is 1.96. The van der Waals surface area contributed by atoms with Gasteiger partial charge in [0.05, 0.1) is 12.6 Å². The number of carboxylic acid groups (broad SMARTS) is 1. The Balaban J connectivity index is 0.000000877. The number of rotatable bonds is 11. The van der Waals surface area contributed by atoms with E-state index in [-0.39, 0.29) is 36.2 Å². The minimum absolute atomic E-state index is 0.0415. The lowest BCUT2D eigenvalue weighted by Crippen LogP contribution is -2.46. The van der Waals surface area contributed by atoms with Crippen LogP contribution in [0.25, 0.3) is 0 Å². The van der Waals surface area contributed by atoms with E-state index in [1.807, 2.05) is 0 Å². The van der Waals surface area contributed by atoms with E-state index in [4.69, 9.17) is 15.9 Å². The topological polar surface area (TPSA) is 210 Å². The van der Waals surface area contributed by atoms with Crippen molar-refractivity contribution in [2.45, 2.75) is 51.2 Å². The van der Waals surface area contributed by atoms with Gasteiger partial charge < -0.3 is 41.8 Å². The van der Waals surface area contributed by atoms with Gasteiger partial charge in [-0.1, -0.05) is 37.6 Å². The van der Waals surface area contributed by atoms with Crippen LogP contribution in [0.1, 0.15) is 48.7 Å². The molecular weight excluding hydrogens is 480 g/mol. The molecule has 200 valence electrons. The summed E-state index contributed by atoms with van der Waals surface area (Å²) in [6.07, 6.45) is 2.84. The standard InChI is InChI=1S/C21H23N5O6.C4H11N/c22-16(9-12-1-5-14(27)6-2-12)19-26-25-18(32-19)11-23-21(31)24-17(20(29)30)10-13-3-7-15(28)8-4-13;1-2-3-4-5/h1-8,16-17,27-28H,9-11,22H2,(H,29,30)(H2,23,24,31);2-5H2,1H3. The average molecular weight is 515 g/mol. The largest absolute Gasteiger partial charge is 0.508 e. The van der Waals surface area contributed by atoms with Crippen molar-refractivity contribution in [1.82, 2.24) is 20.8 Å². The summed E-state index contributed by atoms with van der Waals surface area (Å²) in [5, 5.41) is 40.6. The number of nitrogens with one attached hydrogen (secondary N) is 2. The summed E-state index contributed by atoms with van der Waals surface area (Å²) in [4.78, 5) is 23.6. The van der Waals surface area contributed by atoms with Gasteiger partial charge in [-0.2, -0.15) is 0 Å². The Labute approximate surface area is 214 Å². The first-order valence-electron chi connectivity index (χ1n) is 11.8. The van der Waals surface area contributed by atoms with Crippen molar-refractivity contribution < 1.29 is 29.3 Å². The number of benzene rings is 2. The molecule has 3 aromatic rings. The summed E-state index contributed by atoms with van der Waals surface area (Å²) in [6, 6.07) is 10.1. The van der Waals surface area contributed by atoms with Crippen LogP contribution in [-0.2, 0) is 24.2 Å². The van der Waals surface area contributed by atoms with E-state index in [9.17, 15) is 24.9 Å². The highest BCUT2D eigenvalue weighted by Gasteiger charge is 2.21. The van der Waals surface area contributed by atoms with Gasteiger partial charge in [0.15, 0.2) is 0 Å². The van der Waals surface area contributed by atoms with Gasteiger partial charge in [-0.15, -0.1) is 10.2 Å². The van der Waals surface area contributed by atoms with E-state index >= 15 is 0 Å². The van der Waals surface area contributed by atoms with Crippen molar-refractivity contribution in [3.63, 3.8) is 0 Å². The number of hydrogen-bond donors (Lipinski definition) is 7. The summed E-state index contributed by atoms with van der Waals surface area (Å²) in [6.45, 7) is 2.86. The van der Waals surface area contributed by atoms with Crippen molar-refractivity contribution in [3.8, 4) is 11.5 Å². The van der Waals surface area contributed by atoms with Gasteiger partial charge in [-0.25, -0.2) is 9.59 Å². The number of aromatic hydroxyl groups is 2. The first-order chi connectivity index (χ1) is 17.7. The molecule has 2 amide bonds. The Morgan fingerprint density at radius 2 is 1.54 bits per heavy atom. The summed E-state index contributed by atoms with van der Waals surface area (Å²) in [5.41, 5.74) is 12.7. The van der Waals surface area contributed by atoms with E-state index in [0.717, 1.165) is 12.1 Å². The van der Waals surface area contributed by atoms with Crippen LogP contribution < -0.4 is 22.1 Å². The second-order valence-electron chi connectivity index (χ2n) is 8.24. The van der Waals surface area contributed by atoms with Crippen LogP contribution in [0.5, 0.6) is 11.5 Å². The van der Waals surface area contributed by atoms with Crippen molar-refractivity contribution in [2.24, 2.45) is 11.5 Å². The quantitative estimate of drug-likeness (QED) is 0.198. The molecular formula is C25H34N6O6. The normalized spacial score (nSPS) is 12.1. The molecule has 0 saturated carbocycles. The zero-order valence-electron chi connectivity index (χ0n) is 20.6. The van der Waals surface area contributed by atoms with Crippen molar-refractivity contribution >= 4 is 12.0 Å². The molecule has 1 aromatic heterocycles. The smallest absolute Gasteiger partial charge is 0.326 e. The molecule has 12 heteroatoms. The highest BCUT2D eigenvalue weighted by atomic mass is 16.4. The van der Waals surface area contributed by atoms with Crippen LogP contribution >= 0.6 is 0 Å². The minimum Gasteiger partial charge on any atom is -0.508 e. The maximum atomic E-state index is 12.1. The maximum Gasteiger partial charge on any atom is 0.326 e. The number of unbranched alkanes of at least 4 members (excludes halogenated alkanes) is 1. The molecule has 0 aliphatic heterocycles.